The van der Waals surface area contributed by atoms with Crippen molar-refractivity contribution in [2.24, 2.45) is 17.8 Å². The molecule has 0 radical (unpaired) electrons. The monoisotopic (exact) mass is 466 g/mol. The highest BCUT2D eigenvalue weighted by Gasteiger charge is 2.17. The molecule has 0 aliphatic carbocycles. The Bertz CT molecular complexity index is 784. The normalized spacial score (nSPS) is 13.9. The van der Waals surface area contributed by atoms with Gasteiger partial charge in [0.05, 0.1) is 13.2 Å². The van der Waals surface area contributed by atoms with Crippen LogP contribution >= 0.6 is 0 Å². The number of hydrogen-bond donors (Lipinski definition) is 0. The molecule has 0 aromatic heterocycles. The maximum absolute atomic E-state index is 6.09. The molecule has 2 aromatic carbocycles. The molecule has 0 spiro atoms. The van der Waals surface area contributed by atoms with Crippen molar-refractivity contribution in [1.29, 1.82) is 0 Å². The highest BCUT2D eigenvalue weighted by atomic mass is 16.5. The van der Waals surface area contributed by atoms with Crippen molar-refractivity contribution in [2.45, 2.75) is 98.8 Å². The van der Waals surface area contributed by atoms with Gasteiger partial charge in [0.2, 0.25) is 0 Å². The van der Waals surface area contributed by atoms with Gasteiger partial charge in [-0.05, 0) is 85.3 Å². The molecule has 34 heavy (non-hydrogen) atoms. The standard InChI is InChI=1S/C32H50O2/c1-6-26(19-21-33-31-15-11-13-27(7-2)24-31)17-18-29(9-4)23-30(10-5)20-22-34-32-16-12-14-28(8-3)25-32/h11-16,24-26,29-30H,6-10,17-23H2,1-5H3. The summed E-state index contributed by atoms with van der Waals surface area (Å²) in [7, 11) is 0. The Morgan fingerprint density at radius 1 is 0.559 bits per heavy atom. The molecule has 2 nitrogen and oxygen atoms in total. The molecule has 2 aromatic rings. The van der Waals surface area contributed by atoms with Gasteiger partial charge >= 0.3 is 0 Å². The van der Waals surface area contributed by atoms with Gasteiger partial charge in [-0.3, -0.25) is 0 Å². The summed E-state index contributed by atoms with van der Waals surface area (Å²) in [4.78, 5) is 0. The summed E-state index contributed by atoms with van der Waals surface area (Å²) in [6.07, 6.45) is 12.2. The molecule has 0 saturated carbocycles. The molecule has 190 valence electrons. The zero-order valence-electron chi connectivity index (χ0n) is 22.7. The Kier molecular flexibility index (Phi) is 13.8. The molecule has 0 N–H and O–H groups in total. The number of hydrogen-bond acceptors (Lipinski definition) is 2. The Balaban J connectivity index is 1.71. The van der Waals surface area contributed by atoms with Gasteiger partial charge in [0.15, 0.2) is 0 Å². The maximum Gasteiger partial charge on any atom is 0.119 e. The Hall–Kier alpha value is -1.96. The van der Waals surface area contributed by atoms with E-state index in [1.165, 1.54) is 49.7 Å². The SMILES string of the molecule is CCc1cccc(OCCC(CC)CCC(CC)CC(CC)CCOc2cccc(CC)c2)c1. The Morgan fingerprint density at radius 2 is 1.00 bits per heavy atom. The van der Waals surface area contributed by atoms with Crippen LogP contribution in [0.25, 0.3) is 0 Å². The maximum atomic E-state index is 6.09. The van der Waals surface area contributed by atoms with Gasteiger partial charge in [-0.25, -0.2) is 0 Å². The van der Waals surface area contributed by atoms with Crippen molar-refractivity contribution in [3.05, 3.63) is 59.7 Å². The predicted molar refractivity (Wildman–Crippen MR) is 147 cm³/mol. The summed E-state index contributed by atoms with van der Waals surface area (Å²) in [5, 5.41) is 0. The third-order valence-electron chi connectivity index (χ3n) is 7.58. The summed E-state index contributed by atoms with van der Waals surface area (Å²) in [6, 6.07) is 17.1. The largest absolute Gasteiger partial charge is 0.494 e. The van der Waals surface area contributed by atoms with E-state index in [-0.39, 0.29) is 0 Å². The lowest BCUT2D eigenvalue weighted by Gasteiger charge is -2.24. The first-order chi connectivity index (χ1) is 16.6. The van der Waals surface area contributed by atoms with E-state index < -0.39 is 0 Å². The van der Waals surface area contributed by atoms with Crippen LogP contribution in [0.3, 0.4) is 0 Å². The van der Waals surface area contributed by atoms with E-state index >= 15 is 0 Å². The van der Waals surface area contributed by atoms with E-state index in [0.717, 1.165) is 68.1 Å². The van der Waals surface area contributed by atoms with Gasteiger partial charge in [-0.1, -0.05) is 91.0 Å². The first kappa shape index (κ1) is 28.3. The van der Waals surface area contributed by atoms with Gasteiger partial charge in [-0.2, -0.15) is 0 Å². The minimum atomic E-state index is 0.758. The molecule has 3 atom stereocenters. The third-order valence-corrected chi connectivity index (χ3v) is 7.58. The van der Waals surface area contributed by atoms with Crippen LogP contribution in [-0.4, -0.2) is 13.2 Å². The molecule has 2 rings (SSSR count). The van der Waals surface area contributed by atoms with E-state index in [9.17, 15) is 0 Å². The zero-order valence-corrected chi connectivity index (χ0v) is 22.7. The quantitative estimate of drug-likeness (QED) is 0.218. The van der Waals surface area contributed by atoms with Crippen molar-refractivity contribution in [1.82, 2.24) is 0 Å². The van der Waals surface area contributed by atoms with E-state index in [0.29, 0.717) is 0 Å². The molecular formula is C32H50O2. The van der Waals surface area contributed by atoms with Gasteiger partial charge in [0.1, 0.15) is 11.5 Å². The van der Waals surface area contributed by atoms with Crippen LogP contribution in [0, 0.1) is 17.8 Å². The van der Waals surface area contributed by atoms with Gasteiger partial charge in [0, 0.05) is 0 Å². The van der Waals surface area contributed by atoms with Crippen LogP contribution < -0.4 is 9.47 Å². The third kappa shape index (κ3) is 10.5. The molecule has 0 aliphatic rings. The topological polar surface area (TPSA) is 18.5 Å². The Morgan fingerprint density at radius 3 is 1.47 bits per heavy atom. The van der Waals surface area contributed by atoms with Crippen molar-refractivity contribution < 1.29 is 9.47 Å². The fourth-order valence-corrected chi connectivity index (χ4v) is 4.87. The van der Waals surface area contributed by atoms with Gasteiger partial charge in [0.25, 0.3) is 0 Å². The Labute approximate surface area is 210 Å². The van der Waals surface area contributed by atoms with Crippen LogP contribution in [0.15, 0.2) is 48.5 Å². The van der Waals surface area contributed by atoms with E-state index in [1.807, 2.05) is 0 Å². The van der Waals surface area contributed by atoms with Crippen molar-refractivity contribution in [2.75, 3.05) is 13.2 Å². The summed E-state index contributed by atoms with van der Waals surface area (Å²) in [5.74, 6) is 4.39. The summed E-state index contributed by atoms with van der Waals surface area (Å²) in [6.45, 7) is 13.1. The van der Waals surface area contributed by atoms with E-state index in [1.54, 1.807) is 0 Å². The van der Waals surface area contributed by atoms with E-state index in [4.69, 9.17) is 9.47 Å². The second-order valence-electron chi connectivity index (χ2n) is 9.91. The molecular weight excluding hydrogens is 416 g/mol. The number of ether oxygens (including phenoxy) is 2. The van der Waals surface area contributed by atoms with Crippen LogP contribution in [0.5, 0.6) is 11.5 Å². The first-order valence-electron chi connectivity index (χ1n) is 14.0. The summed E-state index contributed by atoms with van der Waals surface area (Å²) < 4.78 is 12.2. The fourth-order valence-electron chi connectivity index (χ4n) is 4.87. The molecule has 0 bridgehead atoms. The summed E-state index contributed by atoms with van der Waals surface area (Å²) in [5.41, 5.74) is 2.70. The molecule has 0 heterocycles. The molecule has 0 amide bonds. The van der Waals surface area contributed by atoms with Gasteiger partial charge < -0.3 is 9.47 Å². The molecule has 3 unspecified atom stereocenters. The molecule has 0 fully saturated rings. The van der Waals surface area contributed by atoms with Crippen LogP contribution in [0.1, 0.15) is 97.1 Å². The zero-order chi connectivity index (χ0) is 24.6. The highest BCUT2D eigenvalue weighted by Crippen LogP contribution is 2.28. The molecule has 0 aliphatic heterocycles. The average molecular weight is 467 g/mol. The minimum absolute atomic E-state index is 0.758. The highest BCUT2D eigenvalue weighted by molar-refractivity contribution is 5.29. The van der Waals surface area contributed by atoms with Crippen LogP contribution in [0.2, 0.25) is 0 Å². The predicted octanol–water partition coefficient (Wildman–Crippen LogP) is 9.30. The minimum Gasteiger partial charge on any atom is -0.494 e. The lowest BCUT2D eigenvalue weighted by molar-refractivity contribution is 0.230. The number of benzene rings is 2. The molecule has 2 heteroatoms. The van der Waals surface area contributed by atoms with Gasteiger partial charge in [-0.15, -0.1) is 0 Å². The number of aryl methyl sites for hydroxylation is 2. The van der Waals surface area contributed by atoms with Crippen molar-refractivity contribution in [3.8, 4) is 11.5 Å². The van der Waals surface area contributed by atoms with Crippen molar-refractivity contribution in [3.63, 3.8) is 0 Å². The van der Waals surface area contributed by atoms with E-state index in [2.05, 4.69) is 83.1 Å². The number of rotatable bonds is 18. The van der Waals surface area contributed by atoms with Crippen LogP contribution in [0.4, 0.5) is 0 Å². The lowest BCUT2D eigenvalue weighted by atomic mass is 9.83. The van der Waals surface area contributed by atoms with Crippen molar-refractivity contribution >= 4 is 0 Å². The fraction of sp³-hybridized carbons (Fsp3) is 0.625. The first-order valence-corrected chi connectivity index (χ1v) is 14.0. The summed E-state index contributed by atoms with van der Waals surface area (Å²) >= 11 is 0. The second kappa shape index (κ2) is 16.6. The average Bonchev–Trinajstić information content (AvgIpc) is 2.89. The van der Waals surface area contributed by atoms with Crippen LogP contribution in [-0.2, 0) is 12.8 Å². The molecule has 0 saturated heterocycles. The smallest absolute Gasteiger partial charge is 0.119 e. The second-order valence-corrected chi connectivity index (χ2v) is 9.91. The lowest BCUT2D eigenvalue weighted by Crippen LogP contribution is -2.14.